The number of hydrogen-bond acceptors (Lipinski definition) is 8. The molecule has 3 rings (SSSR count). The van der Waals surface area contributed by atoms with Crippen LogP contribution >= 0.6 is 11.8 Å². The van der Waals surface area contributed by atoms with Crippen molar-refractivity contribution in [2.45, 2.75) is 39.7 Å². The van der Waals surface area contributed by atoms with E-state index in [1.807, 2.05) is 0 Å². The van der Waals surface area contributed by atoms with Crippen molar-refractivity contribution in [3.05, 3.63) is 34.4 Å². The molecular formula is C22H28N2O5S. The summed E-state index contributed by atoms with van der Waals surface area (Å²) in [5.41, 5.74) is 2.76. The van der Waals surface area contributed by atoms with Crippen LogP contribution < -0.4 is 10.1 Å². The van der Waals surface area contributed by atoms with Gasteiger partial charge in [0.15, 0.2) is 0 Å². The Morgan fingerprint density at radius 1 is 1.27 bits per heavy atom. The average Bonchev–Trinajstić information content (AvgIpc) is 2.72. The maximum Gasteiger partial charge on any atom is 0.340 e. The predicted octanol–water partition coefficient (Wildman–Crippen LogP) is 3.85. The molecule has 1 aromatic rings. The normalized spacial score (nSPS) is 21.5. The van der Waals surface area contributed by atoms with Crippen LogP contribution in [0.2, 0.25) is 0 Å². The van der Waals surface area contributed by atoms with Gasteiger partial charge in [-0.15, -0.1) is 11.8 Å². The van der Waals surface area contributed by atoms with Gasteiger partial charge in [0, 0.05) is 16.4 Å². The maximum atomic E-state index is 12.3. The van der Waals surface area contributed by atoms with Crippen molar-refractivity contribution in [2.75, 3.05) is 26.6 Å². The van der Waals surface area contributed by atoms with Crippen molar-refractivity contribution in [2.24, 2.45) is 10.4 Å². The second-order valence-electron chi connectivity index (χ2n) is 8.02. The quantitative estimate of drug-likeness (QED) is 0.707. The molecular weight excluding hydrogens is 404 g/mol. The number of methoxy groups -OCH3 is 2. The van der Waals surface area contributed by atoms with Gasteiger partial charge in [0.05, 0.1) is 37.8 Å². The summed E-state index contributed by atoms with van der Waals surface area (Å²) in [6.45, 7) is 6.50. The summed E-state index contributed by atoms with van der Waals surface area (Å²) in [7, 11) is 2.90. The van der Waals surface area contributed by atoms with Crippen molar-refractivity contribution in [3.8, 4) is 5.75 Å². The Morgan fingerprint density at radius 2 is 2.03 bits per heavy atom. The van der Waals surface area contributed by atoms with Gasteiger partial charge in [0.1, 0.15) is 11.8 Å². The fourth-order valence-electron chi connectivity index (χ4n) is 3.65. The minimum absolute atomic E-state index is 0.0420. The van der Waals surface area contributed by atoms with Crippen LogP contribution in [0, 0.1) is 5.41 Å². The molecule has 0 saturated carbocycles. The molecule has 8 heteroatoms. The van der Waals surface area contributed by atoms with E-state index in [1.54, 1.807) is 44.0 Å². The summed E-state index contributed by atoms with van der Waals surface area (Å²) < 4.78 is 15.4. The van der Waals surface area contributed by atoms with Crippen LogP contribution in [-0.4, -0.2) is 50.3 Å². The number of ether oxygens (including phenoxy) is 3. The third-order valence-corrected chi connectivity index (χ3v) is 6.29. The number of rotatable bonds is 5. The van der Waals surface area contributed by atoms with Crippen LogP contribution in [0.25, 0.3) is 0 Å². The lowest BCUT2D eigenvalue weighted by Gasteiger charge is -2.38. The number of nitrogens with one attached hydrogen (secondary N) is 1. The second kappa shape index (κ2) is 9.12. The molecule has 30 heavy (non-hydrogen) atoms. The lowest BCUT2D eigenvalue weighted by molar-refractivity contribution is -0.144. The van der Waals surface area contributed by atoms with Crippen LogP contribution in [0.5, 0.6) is 5.75 Å². The summed E-state index contributed by atoms with van der Waals surface area (Å²) in [5, 5.41) is 3.37. The second-order valence-corrected chi connectivity index (χ2v) is 9.05. The number of allylic oxidation sites excluding steroid dienone is 2. The molecule has 1 N–H and O–H groups in total. The molecule has 2 aliphatic rings. The topological polar surface area (TPSA) is 86.2 Å². The van der Waals surface area contributed by atoms with Crippen LogP contribution in [0.3, 0.4) is 0 Å². The molecule has 0 aromatic heterocycles. The first-order chi connectivity index (χ1) is 14.3. The van der Waals surface area contributed by atoms with Crippen molar-refractivity contribution >= 4 is 35.1 Å². The van der Waals surface area contributed by atoms with E-state index in [9.17, 15) is 9.59 Å². The Kier molecular flexibility index (Phi) is 6.75. The minimum atomic E-state index is -0.464. The standard InChI is InChI=1S/C22H28N2O5S/c1-6-29-21(26)18-12-30-19-16(10-22(2,3)11-17(19)24-18)23-15-8-7-13(27-4)9-14(15)20(25)28-5/h7-9,18,24H,6,10-12H2,1-5H3/b23-16+. The van der Waals surface area contributed by atoms with Crippen LogP contribution in [0.15, 0.2) is 33.8 Å². The monoisotopic (exact) mass is 432 g/mol. The highest BCUT2D eigenvalue weighted by Gasteiger charge is 2.37. The predicted molar refractivity (Wildman–Crippen MR) is 117 cm³/mol. The molecule has 0 bridgehead atoms. The molecule has 1 atom stereocenters. The molecule has 0 spiro atoms. The van der Waals surface area contributed by atoms with Gasteiger partial charge in [-0.3, -0.25) is 4.99 Å². The van der Waals surface area contributed by atoms with Gasteiger partial charge in [-0.05, 0) is 43.4 Å². The SMILES string of the molecule is CCOC(=O)C1CSC2=C(CC(C)(C)C/C2=N\c2ccc(OC)cc2C(=O)OC)N1. The van der Waals surface area contributed by atoms with Gasteiger partial charge >= 0.3 is 11.9 Å². The lowest BCUT2D eigenvalue weighted by Crippen LogP contribution is -2.45. The van der Waals surface area contributed by atoms with Crippen molar-refractivity contribution in [3.63, 3.8) is 0 Å². The Bertz CT molecular complexity index is 907. The number of carbonyl (C=O) groups is 2. The zero-order chi connectivity index (χ0) is 21.9. The fraction of sp³-hybridized carbons (Fsp3) is 0.500. The molecule has 0 radical (unpaired) electrons. The first kappa shape index (κ1) is 22.2. The van der Waals surface area contributed by atoms with E-state index in [2.05, 4.69) is 19.2 Å². The Balaban J connectivity index is 2.01. The highest BCUT2D eigenvalue weighted by molar-refractivity contribution is 8.04. The van der Waals surface area contributed by atoms with E-state index < -0.39 is 5.97 Å². The summed E-state index contributed by atoms with van der Waals surface area (Å²) in [6, 6.07) is 4.81. The Morgan fingerprint density at radius 3 is 2.70 bits per heavy atom. The van der Waals surface area contributed by atoms with Crippen molar-refractivity contribution in [1.29, 1.82) is 0 Å². The van der Waals surface area contributed by atoms with Crippen molar-refractivity contribution in [1.82, 2.24) is 5.32 Å². The zero-order valence-corrected chi connectivity index (χ0v) is 18.9. The molecule has 1 aliphatic carbocycles. The van der Waals surface area contributed by atoms with E-state index in [4.69, 9.17) is 19.2 Å². The van der Waals surface area contributed by atoms with Gasteiger partial charge in [0.2, 0.25) is 0 Å². The zero-order valence-electron chi connectivity index (χ0n) is 18.0. The lowest BCUT2D eigenvalue weighted by atomic mass is 9.78. The van der Waals surface area contributed by atoms with Gasteiger partial charge in [-0.25, -0.2) is 9.59 Å². The number of nitrogens with zero attached hydrogens (tertiary/aromatic N) is 1. The Labute approximate surface area is 181 Å². The number of esters is 2. The van der Waals surface area contributed by atoms with E-state index in [1.165, 1.54) is 7.11 Å². The Hall–Kier alpha value is -2.48. The summed E-state index contributed by atoms with van der Waals surface area (Å²) in [4.78, 5) is 30.4. The minimum Gasteiger partial charge on any atom is -0.497 e. The van der Waals surface area contributed by atoms with Gasteiger partial charge in [-0.2, -0.15) is 0 Å². The van der Waals surface area contributed by atoms with Crippen LogP contribution in [0.1, 0.15) is 44.0 Å². The maximum absolute atomic E-state index is 12.3. The molecule has 1 unspecified atom stereocenters. The summed E-state index contributed by atoms with van der Waals surface area (Å²) in [5.74, 6) is 0.439. The van der Waals surface area contributed by atoms with E-state index in [0.717, 1.165) is 29.2 Å². The summed E-state index contributed by atoms with van der Waals surface area (Å²) >= 11 is 1.61. The van der Waals surface area contributed by atoms with E-state index >= 15 is 0 Å². The third-order valence-electron chi connectivity index (χ3n) is 5.02. The highest BCUT2D eigenvalue weighted by atomic mass is 32.2. The molecule has 1 heterocycles. The van der Waals surface area contributed by atoms with Crippen LogP contribution in [0.4, 0.5) is 5.69 Å². The molecule has 7 nitrogen and oxygen atoms in total. The molecule has 1 aromatic carbocycles. The highest BCUT2D eigenvalue weighted by Crippen LogP contribution is 2.43. The molecule has 0 amide bonds. The number of carbonyl (C=O) groups excluding carboxylic acids is 2. The largest absolute Gasteiger partial charge is 0.497 e. The molecule has 1 aliphatic heterocycles. The molecule has 0 saturated heterocycles. The number of benzene rings is 1. The smallest absolute Gasteiger partial charge is 0.340 e. The van der Waals surface area contributed by atoms with E-state index in [0.29, 0.717) is 29.4 Å². The number of hydrogen-bond donors (Lipinski definition) is 1. The fourth-order valence-corrected chi connectivity index (χ4v) is 4.80. The van der Waals surface area contributed by atoms with Gasteiger partial charge < -0.3 is 19.5 Å². The van der Waals surface area contributed by atoms with E-state index in [-0.39, 0.29) is 17.4 Å². The van der Waals surface area contributed by atoms with Crippen molar-refractivity contribution < 1.29 is 23.8 Å². The first-order valence-corrected chi connectivity index (χ1v) is 10.9. The molecule has 162 valence electrons. The third kappa shape index (κ3) is 4.80. The van der Waals surface area contributed by atoms with Crippen LogP contribution in [-0.2, 0) is 14.3 Å². The number of thioether (sulfide) groups is 1. The average molecular weight is 433 g/mol. The molecule has 0 fully saturated rings. The first-order valence-electron chi connectivity index (χ1n) is 9.91. The number of aliphatic imine (C=N–C) groups is 1. The van der Waals surface area contributed by atoms with Gasteiger partial charge in [-0.1, -0.05) is 13.8 Å². The van der Waals surface area contributed by atoms with Gasteiger partial charge in [0.25, 0.3) is 0 Å². The summed E-state index contributed by atoms with van der Waals surface area (Å²) in [6.07, 6.45) is 1.58.